The molecule has 0 aliphatic heterocycles. The van der Waals surface area contributed by atoms with Gasteiger partial charge >= 0.3 is 0 Å². The average Bonchev–Trinajstić information content (AvgIpc) is 2.30. The molecular formula is C10H11Cl3N4. The van der Waals surface area contributed by atoms with E-state index < -0.39 is 0 Å². The van der Waals surface area contributed by atoms with Crippen molar-refractivity contribution in [3.8, 4) is 11.1 Å². The predicted molar refractivity (Wildman–Crippen MR) is 74.8 cm³/mol. The van der Waals surface area contributed by atoms with Gasteiger partial charge in [0.25, 0.3) is 0 Å². The SMILES string of the molecule is Cl.Cl.NNc1ncc(-c2ccncc2)cc1Cl. The van der Waals surface area contributed by atoms with Crippen LogP contribution in [0.3, 0.4) is 0 Å². The zero-order valence-corrected chi connectivity index (χ0v) is 11.0. The molecule has 3 N–H and O–H groups in total. The summed E-state index contributed by atoms with van der Waals surface area (Å²) in [6, 6.07) is 5.59. The Morgan fingerprint density at radius 2 is 1.76 bits per heavy atom. The van der Waals surface area contributed by atoms with E-state index >= 15 is 0 Å². The lowest BCUT2D eigenvalue weighted by molar-refractivity contribution is 1.23. The van der Waals surface area contributed by atoms with E-state index in [-0.39, 0.29) is 24.8 Å². The van der Waals surface area contributed by atoms with Gasteiger partial charge < -0.3 is 5.43 Å². The molecule has 0 saturated heterocycles. The number of halogens is 3. The number of pyridine rings is 2. The molecule has 0 aliphatic rings. The van der Waals surface area contributed by atoms with Gasteiger partial charge in [0.2, 0.25) is 0 Å². The van der Waals surface area contributed by atoms with E-state index in [1.54, 1.807) is 24.7 Å². The zero-order chi connectivity index (χ0) is 10.7. The van der Waals surface area contributed by atoms with Crippen LogP contribution in [-0.2, 0) is 0 Å². The molecule has 0 spiro atoms. The summed E-state index contributed by atoms with van der Waals surface area (Å²) < 4.78 is 0. The first-order valence-corrected chi connectivity index (χ1v) is 4.71. The number of nitrogens with one attached hydrogen (secondary N) is 1. The van der Waals surface area contributed by atoms with Gasteiger partial charge in [0.15, 0.2) is 5.82 Å². The van der Waals surface area contributed by atoms with Gasteiger partial charge in [0.05, 0.1) is 5.02 Å². The number of hydrogen-bond donors (Lipinski definition) is 2. The third-order valence-corrected chi connectivity index (χ3v) is 2.28. The highest BCUT2D eigenvalue weighted by Gasteiger charge is 2.03. The summed E-state index contributed by atoms with van der Waals surface area (Å²) in [5, 5.41) is 0.492. The normalized spacial score (nSPS) is 8.82. The van der Waals surface area contributed by atoms with Gasteiger partial charge in [0, 0.05) is 24.2 Å². The summed E-state index contributed by atoms with van der Waals surface area (Å²) in [6.07, 6.45) is 5.15. The van der Waals surface area contributed by atoms with Crippen molar-refractivity contribution in [3.05, 3.63) is 41.8 Å². The first-order chi connectivity index (χ1) is 7.31. The number of hydrogen-bond acceptors (Lipinski definition) is 4. The van der Waals surface area contributed by atoms with Crippen LogP contribution < -0.4 is 11.3 Å². The van der Waals surface area contributed by atoms with E-state index in [2.05, 4.69) is 15.4 Å². The third-order valence-electron chi connectivity index (χ3n) is 1.99. The summed E-state index contributed by atoms with van der Waals surface area (Å²) >= 11 is 5.96. The molecule has 0 fully saturated rings. The number of anilines is 1. The molecule has 0 amide bonds. The van der Waals surface area contributed by atoms with Gasteiger partial charge in [-0.05, 0) is 23.8 Å². The Hall–Kier alpha value is -1.07. The number of hydrazine groups is 1. The van der Waals surface area contributed by atoms with Crippen molar-refractivity contribution in [1.82, 2.24) is 9.97 Å². The third kappa shape index (κ3) is 3.71. The summed E-state index contributed by atoms with van der Waals surface area (Å²) in [5.74, 6) is 5.70. The Morgan fingerprint density at radius 1 is 1.12 bits per heavy atom. The molecule has 17 heavy (non-hydrogen) atoms. The van der Waals surface area contributed by atoms with Crippen LogP contribution in [-0.4, -0.2) is 9.97 Å². The Bertz CT molecular complexity index is 464. The molecule has 2 aromatic heterocycles. The minimum absolute atomic E-state index is 0. The lowest BCUT2D eigenvalue weighted by atomic mass is 10.1. The van der Waals surface area contributed by atoms with Gasteiger partial charge in [-0.1, -0.05) is 11.6 Å². The van der Waals surface area contributed by atoms with Crippen LogP contribution in [0.15, 0.2) is 36.8 Å². The van der Waals surface area contributed by atoms with Crippen molar-refractivity contribution < 1.29 is 0 Å². The van der Waals surface area contributed by atoms with Crippen molar-refractivity contribution in [2.24, 2.45) is 5.84 Å². The molecule has 0 aromatic carbocycles. The van der Waals surface area contributed by atoms with E-state index in [9.17, 15) is 0 Å². The first-order valence-electron chi connectivity index (χ1n) is 4.34. The van der Waals surface area contributed by atoms with Crippen LogP contribution in [0, 0.1) is 0 Å². The molecular weight excluding hydrogens is 282 g/mol. The summed E-state index contributed by atoms with van der Waals surface area (Å²) in [4.78, 5) is 8.03. The Balaban J connectivity index is 0.00000128. The van der Waals surface area contributed by atoms with E-state index in [1.165, 1.54) is 0 Å². The van der Waals surface area contributed by atoms with Gasteiger partial charge in [-0.3, -0.25) is 4.98 Å². The number of nitrogens with two attached hydrogens (primary N) is 1. The highest BCUT2D eigenvalue weighted by Crippen LogP contribution is 2.25. The van der Waals surface area contributed by atoms with Crippen molar-refractivity contribution in [1.29, 1.82) is 0 Å². The molecule has 4 nitrogen and oxygen atoms in total. The monoisotopic (exact) mass is 292 g/mol. The van der Waals surface area contributed by atoms with Crippen LogP contribution in [0.2, 0.25) is 5.02 Å². The van der Waals surface area contributed by atoms with Crippen molar-refractivity contribution in [2.75, 3.05) is 5.43 Å². The summed E-state index contributed by atoms with van der Waals surface area (Å²) in [6.45, 7) is 0. The fraction of sp³-hybridized carbons (Fsp3) is 0. The second-order valence-electron chi connectivity index (χ2n) is 2.93. The molecule has 0 saturated carbocycles. The Morgan fingerprint density at radius 3 is 2.29 bits per heavy atom. The molecule has 2 aromatic rings. The summed E-state index contributed by atoms with van der Waals surface area (Å²) in [5.41, 5.74) is 4.37. The topological polar surface area (TPSA) is 63.8 Å². The number of nitrogens with zero attached hydrogens (tertiary/aromatic N) is 2. The van der Waals surface area contributed by atoms with E-state index in [4.69, 9.17) is 17.4 Å². The summed E-state index contributed by atoms with van der Waals surface area (Å²) in [7, 11) is 0. The van der Waals surface area contributed by atoms with Crippen LogP contribution in [0.4, 0.5) is 5.82 Å². The average molecular weight is 294 g/mol. The molecule has 2 rings (SSSR count). The fourth-order valence-corrected chi connectivity index (χ4v) is 1.47. The van der Waals surface area contributed by atoms with E-state index in [0.717, 1.165) is 11.1 Å². The molecule has 0 unspecified atom stereocenters. The van der Waals surface area contributed by atoms with Crippen LogP contribution in [0.5, 0.6) is 0 Å². The molecule has 0 aliphatic carbocycles. The van der Waals surface area contributed by atoms with Crippen LogP contribution in [0.25, 0.3) is 11.1 Å². The standard InChI is InChI=1S/C10H9ClN4.2ClH/c11-9-5-8(6-14-10(9)15-12)7-1-3-13-4-2-7;;/h1-6H,12H2,(H,14,15);2*1H. The minimum Gasteiger partial charge on any atom is -0.307 e. The van der Waals surface area contributed by atoms with Crippen molar-refractivity contribution >= 4 is 42.2 Å². The second kappa shape index (κ2) is 7.29. The van der Waals surface area contributed by atoms with Gasteiger partial charge in [-0.2, -0.15) is 0 Å². The largest absolute Gasteiger partial charge is 0.307 e. The first kappa shape index (κ1) is 15.9. The van der Waals surface area contributed by atoms with Crippen molar-refractivity contribution in [2.45, 2.75) is 0 Å². The van der Waals surface area contributed by atoms with Crippen LogP contribution in [0.1, 0.15) is 0 Å². The van der Waals surface area contributed by atoms with Crippen LogP contribution >= 0.6 is 36.4 Å². The maximum Gasteiger partial charge on any atom is 0.158 e. The maximum absolute atomic E-state index is 5.96. The number of aromatic nitrogens is 2. The van der Waals surface area contributed by atoms with Gasteiger partial charge in [0.1, 0.15) is 0 Å². The lowest BCUT2D eigenvalue weighted by Crippen LogP contribution is -2.08. The maximum atomic E-state index is 5.96. The van der Waals surface area contributed by atoms with Gasteiger partial charge in [-0.25, -0.2) is 10.8 Å². The second-order valence-corrected chi connectivity index (χ2v) is 3.34. The lowest BCUT2D eigenvalue weighted by Gasteiger charge is -2.05. The predicted octanol–water partition coefficient (Wildman–Crippen LogP) is 2.93. The molecule has 92 valence electrons. The van der Waals surface area contributed by atoms with Gasteiger partial charge in [-0.15, -0.1) is 24.8 Å². The highest BCUT2D eigenvalue weighted by atomic mass is 35.5. The Kier molecular flexibility index (Phi) is 6.83. The molecule has 7 heteroatoms. The molecule has 0 atom stereocenters. The quantitative estimate of drug-likeness (QED) is 0.660. The molecule has 0 radical (unpaired) electrons. The highest BCUT2D eigenvalue weighted by molar-refractivity contribution is 6.33. The van der Waals surface area contributed by atoms with E-state index in [1.807, 2.05) is 12.1 Å². The Labute approximate surface area is 116 Å². The van der Waals surface area contributed by atoms with Crippen molar-refractivity contribution in [3.63, 3.8) is 0 Å². The van der Waals surface area contributed by atoms with E-state index in [0.29, 0.717) is 10.8 Å². The zero-order valence-electron chi connectivity index (χ0n) is 8.63. The number of rotatable bonds is 2. The molecule has 2 heterocycles. The number of nitrogen functional groups attached to an aromatic ring is 1. The minimum atomic E-state index is 0. The fourth-order valence-electron chi connectivity index (χ4n) is 1.25. The smallest absolute Gasteiger partial charge is 0.158 e. The molecule has 0 bridgehead atoms.